The number of carbonyl (C=O) groups is 1. The fourth-order valence-corrected chi connectivity index (χ4v) is 11.1. The highest BCUT2D eigenvalue weighted by molar-refractivity contribution is 5.66. The first-order chi connectivity index (χ1) is 16.2. The number of aliphatic hydroxyl groups is 2. The van der Waals surface area contributed by atoms with E-state index in [1.54, 1.807) is 21.3 Å². The van der Waals surface area contributed by atoms with Gasteiger partial charge in [0.15, 0.2) is 0 Å². The maximum atomic E-state index is 13.0. The molecule has 5 saturated carbocycles. The van der Waals surface area contributed by atoms with Crippen LogP contribution in [0.3, 0.4) is 0 Å². The molecule has 2 N–H and O–H groups in total. The number of carbonyl (C=O) groups excluding carboxylic acids is 1. The lowest BCUT2D eigenvalue weighted by molar-refractivity contribution is -0.307. The summed E-state index contributed by atoms with van der Waals surface area (Å²) in [6.07, 6.45) is 2.99. The van der Waals surface area contributed by atoms with Crippen LogP contribution in [0.1, 0.15) is 46.0 Å². The van der Waals surface area contributed by atoms with Crippen LogP contribution in [0.2, 0.25) is 0 Å². The van der Waals surface area contributed by atoms with Crippen molar-refractivity contribution in [3.63, 3.8) is 0 Å². The molecule has 6 aliphatic rings. The number of hydrogen-bond acceptors (Lipinski definition) is 8. The zero-order valence-corrected chi connectivity index (χ0v) is 21.2. The molecule has 0 radical (unpaired) electrons. The highest BCUT2D eigenvalue weighted by Crippen LogP contribution is 2.80. The summed E-state index contributed by atoms with van der Waals surface area (Å²) in [5.41, 5.74) is -3.34. The van der Waals surface area contributed by atoms with Crippen LogP contribution in [0, 0.1) is 34.5 Å². The van der Waals surface area contributed by atoms with Crippen LogP contribution in [-0.2, 0) is 23.7 Å². The van der Waals surface area contributed by atoms with Gasteiger partial charge in [-0.05, 0) is 37.1 Å². The van der Waals surface area contributed by atoms with Crippen LogP contribution in [0.25, 0.3) is 0 Å². The Morgan fingerprint density at radius 3 is 2.53 bits per heavy atom. The Hall–Kier alpha value is -0.770. The van der Waals surface area contributed by atoms with Gasteiger partial charge in [-0.1, -0.05) is 13.3 Å². The fraction of sp³-hybridized carbons (Fsp3) is 0.962. The van der Waals surface area contributed by atoms with E-state index in [2.05, 4.69) is 11.8 Å². The molecule has 1 aliphatic heterocycles. The predicted octanol–water partition coefficient (Wildman–Crippen LogP) is 1.22. The van der Waals surface area contributed by atoms with Crippen LogP contribution in [0.15, 0.2) is 0 Å². The van der Waals surface area contributed by atoms with Gasteiger partial charge < -0.3 is 29.2 Å². The Morgan fingerprint density at radius 2 is 1.91 bits per heavy atom. The van der Waals surface area contributed by atoms with Crippen LogP contribution >= 0.6 is 0 Å². The van der Waals surface area contributed by atoms with Gasteiger partial charge in [-0.3, -0.25) is 9.69 Å². The Bertz CT molecular complexity index is 866. The number of piperidine rings is 1. The van der Waals surface area contributed by atoms with E-state index in [0.29, 0.717) is 13.0 Å². The van der Waals surface area contributed by atoms with Gasteiger partial charge in [-0.25, -0.2) is 0 Å². The van der Waals surface area contributed by atoms with Gasteiger partial charge in [-0.15, -0.1) is 0 Å². The first-order valence-electron chi connectivity index (χ1n) is 13.1. The summed E-state index contributed by atoms with van der Waals surface area (Å²) in [6, 6.07) is -0.205. The predicted molar refractivity (Wildman–Crippen MR) is 122 cm³/mol. The molecule has 0 aromatic carbocycles. The Labute approximate surface area is 202 Å². The number of methoxy groups -OCH3 is 3. The van der Waals surface area contributed by atoms with Crippen molar-refractivity contribution >= 4 is 5.97 Å². The fourth-order valence-electron chi connectivity index (χ4n) is 11.1. The van der Waals surface area contributed by atoms with Gasteiger partial charge in [0, 0.05) is 64.4 Å². The van der Waals surface area contributed by atoms with Gasteiger partial charge in [-0.2, -0.15) is 0 Å². The third-order valence-electron chi connectivity index (χ3n) is 11.4. The highest BCUT2D eigenvalue weighted by atomic mass is 16.6. The molecular weight excluding hydrogens is 438 g/mol. The van der Waals surface area contributed by atoms with Crippen LogP contribution in [-0.4, -0.2) is 97.7 Å². The molecule has 1 saturated heterocycles. The second-order valence-corrected chi connectivity index (χ2v) is 12.2. The van der Waals surface area contributed by atoms with Gasteiger partial charge in [0.05, 0.1) is 24.9 Å². The smallest absolute Gasteiger partial charge is 0.302 e. The molecule has 192 valence electrons. The Balaban J connectivity index is 1.62. The number of ether oxygens (including phenoxy) is 4. The first-order valence-corrected chi connectivity index (χ1v) is 13.1. The summed E-state index contributed by atoms with van der Waals surface area (Å²) in [6.45, 7) is 5.84. The van der Waals surface area contributed by atoms with Gasteiger partial charge in [0.1, 0.15) is 17.3 Å². The maximum absolute atomic E-state index is 13.0. The summed E-state index contributed by atoms with van der Waals surface area (Å²) in [7, 11) is 5.12. The summed E-state index contributed by atoms with van der Waals surface area (Å²) < 4.78 is 24.0. The SMILES string of the molecule is CCN1C[C@]2(COC)CCC[C@@]34[C@@H]5C[C@H]6[C@H](OC(C)=O)[C@@H]5[C@](O)(C[C@@H]6OC)[C@](O)([C@@H](OC)[C@H]23)[C@@H]14. The minimum Gasteiger partial charge on any atom is -0.462 e. The number of rotatable bonds is 6. The van der Waals surface area contributed by atoms with Crippen molar-refractivity contribution < 1.29 is 34.0 Å². The highest BCUT2D eigenvalue weighted by Gasteiger charge is 2.90. The molecule has 8 nitrogen and oxygen atoms in total. The lowest BCUT2D eigenvalue weighted by Crippen LogP contribution is -2.80. The molecule has 8 heteroatoms. The topological polar surface area (TPSA) is 97.7 Å². The van der Waals surface area contributed by atoms with Crippen molar-refractivity contribution in [3.05, 3.63) is 0 Å². The molecule has 34 heavy (non-hydrogen) atoms. The van der Waals surface area contributed by atoms with Crippen molar-refractivity contribution in [2.75, 3.05) is 41.0 Å². The van der Waals surface area contributed by atoms with Gasteiger partial charge in [0.25, 0.3) is 0 Å². The molecular formula is C26H41NO7. The van der Waals surface area contributed by atoms with Crippen molar-refractivity contribution in [2.45, 2.75) is 81.5 Å². The van der Waals surface area contributed by atoms with Crippen molar-refractivity contribution in [1.29, 1.82) is 0 Å². The molecule has 6 fully saturated rings. The van der Waals surface area contributed by atoms with E-state index in [1.165, 1.54) is 6.92 Å². The number of esters is 1. The van der Waals surface area contributed by atoms with E-state index in [4.69, 9.17) is 18.9 Å². The number of fused-ring (bicyclic) bond motifs is 2. The van der Waals surface area contributed by atoms with E-state index in [9.17, 15) is 15.0 Å². The quantitative estimate of drug-likeness (QED) is 0.549. The normalized spacial score (nSPS) is 57.0. The molecule has 7 bridgehead atoms. The number of nitrogens with zero attached hydrogens (tertiary/aromatic N) is 1. The minimum atomic E-state index is -1.49. The third kappa shape index (κ3) is 2.35. The maximum Gasteiger partial charge on any atom is 0.302 e. The van der Waals surface area contributed by atoms with Gasteiger partial charge >= 0.3 is 5.97 Å². The Morgan fingerprint density at radius 1 is 1.15 bits per heavy atom. The second kappa shape index (κ2) is 7.39. The third-order valence-corrected chi connectivity index (χ3v) is 11.4. The molecule has 0 aromatic heterocycles. The number of likely N-dealkylation sites (tertiary alicyclic amines) is 1. The van der Waals surface area contributed by atoms with Crippen molar-refractivity contribution in [2.24, 2.45) is 34.5 Å². The zero-order valence-electron chi connectivity index (χ0n) is 21.2. The van der Waals surface area contributed by atoms with Crippen LogP contribution < -0.4 is 0 Å². The summed E-state index contributed by atoms with van der Waals surface area (Å²) in [4.78, 5) is 14.6. The molecule has 6 rings (SSSR count). The number of likely N-dealkylation sites (N-methyl/N-ethyl adjacent to an activating group) is 1. The van der Waals surface area contributed by atoms with E-state index < -0.39 is 23.4 Å². The lowest BCUT2D eigenvalue weighted by Gasteiger charge is -2.68. The summed E-state index contributed by atoms with van der Waals surface area (Å²) >= 11 is 0. The molecule has 0 unspecified atom stereocenters. The van der Waals surface area contributed by atoms with Crippen LogP contribution in [0.4, 0.5) is 0 Å². The molecule has 0 aromatic rings. The van der Waals surface area contributed by atoms with E-state index in [1.807, 2.05) is 0 Å². The van der Waals surface area contributed by atoms with Crippen LogP contribution in [0.5, 0.6) is 0 Å². The molecule has 12 atom stereocenters. The minimum absolute atomic E-state index is 0.0250. The Kier molecular flexibility index (Phi) is 5.13. The second-order valence-electron chi connectivity index (χ2n) is 12.2. The summed E-state index contributed by atoms with van der Waals surface area (Å²) in [5, 5.41) is 25.7. The summed E-state index contributed by atoms with van der Waals surface area (Å²) in [5.74, 6) is -0.445. The van der Waals surface area contributed by atoms with E-state index in [0.717, 1.165) is 38.8 Å². The van der Waals surface area contributed by atoms with E-state index >= 15 is 0 Å². The van der Waals surface area contributed by atoms with Crippen molar-refractivity contribution in [3.8, 4) is 0 Å². The lowest BCUT2D eigenvalue weighted by atomic mass is 9.43. The van der Waals surface area contributed by atoms with E-state index in [-0.39, 0.29) is 52.6 Å². The standard InChI is InChI=1S/C26H41NO7/c1-6-27-12-23(13-31-3)8-7-9-24-16-10-15-17(32-4)11-25(29,18(16)19(15)34-14(2)28)26(30,22(24)27)21(33-5)20(23)24/h15-22,29-30H,6-13H2,1-5H3/t15-,16-,17+,18-,19+,20-,21+,22+,23+,24-,25-,26+/m1/s1. The molecule has 5 aliphatic carbocycles. The zero-order chi connectivity index (χ0) is 24.3. The number of hydrogen-bond donors (Lipinski definition) is 2. The van der Waals surface area contributed by atoms with Gasteiger partial charge in [0.2, 0.25) is 0 Å². The molecule has 0 amide bonds. The average Bonchev–Trinajstić information content (AvgIpc) is 3.17. The molecule has 1 spiro atoms. The largest absolute Gasteiger partial charge is 0.462 e. The average molecular weight is 480 g/mol. The first kappa shape index (κ1) is 23.6. The molecule has 1 heterocycles. The monoisotopic (exact) mass is 479 g/mol. The van der Waals surface area contributed by atoms with Crippen molar-refractivity contribution in [1.82, 2.24) is 4.90 Å².